The second-order valence-electron chi connectivity index (χ2n) is 7.44. The molecule has 6 rings (SSSR count). The van der Waals surface area contributed by atoms with Crippen molar-refractivity contribution in [1.82, 2.24) is 4.90 Å². The van der Waals surface area contributed by atoms with Crippen molar-refractivity contribution >= 4 is 17.5 Å². The normalized spacial score (nSPS) is 36.2. The van der Waals surface area contributed by atoms with Crippen LogP contribution in [0.1, 0.15) is 36.8 Å². The number of Topliss-reactive ketones (excluding diaryl/α,β-unsaturated/α-hetero) is 1. The molecule has 0 saturated carbocycles. The Hall–Kier alpha value is -2.01. The van der Waals surface area contributed by atoms with E-state index in [1.165, 1.54) is 0 Å². The number of ketones is 1. The Morgan fingerprint density at radius 2 is 1.88 bits per heavy atom. The van der Waals surface area contributed by atoms with Gasteiger partial charge in [0.05, 0.1) is 13.1 Å². The second kappa shape index (κ2) is 5.24. The Labute approximate surface area is 140 Å². The first-order valence-corrected chi connectivity index (χ1v) is 8.81. The van der Waals surface area contributed by atoms with Crippen molar-refractivity contribution in [2.24, 2.45) is 10.9 Å². The van der Waals surface area contributed by atoms with Crippen molar-refractivity contribution in [3.05, 3.63) is 35.4 Å². The summed E-state index contributed by atoms with van der Waals surface area (Å²) in [6, 6.07) is 8.64. The maximum absolute atomic E-state index is 12.6. The SMILES string of the molecule is O=C(OC1C[C@H]2CC3C[C@H](C1)N2CC3=O)C1=NCc2ccccc21. The van der Waals surface area contributed by atoms with Gasteiger partial charge in [-0.25, -0.2) is 4.79 Å². The van der Waals surface area contributed by atoms with Crippen molar-refractivity contribution in [3.63, 3.8) is 0 Å². The van der Waals surface area contributed by atoms with Crippen molar-refractivity contribution in [2.75, 3.05) is 6.54 Å². The number of hydrogen-bond donors (Lipinski definition) is 0. The average molecular weight is 324 g/mol. The van der Waals surface area contributed by atoms with Gasteiger partial charge < -0.3 is 4.74 Å². The van der Waals surface area contributed by atoms with Gasteiger partial charge >= 0.3 is 5.97 Å². The number of benzene rings is 1. The predicted octanol–water partition coefficient (Wildman–Crippen LogP) is 1.73. The van der Waals surface area contributed by atoms with Crippen LogP contribution < -0.4 is 0 Å². The van der Waals surface area contributed by atoms with Crippen LogP contribution in [0.3, 0.4) is 0 Å². The molecule has 5 nitrogen and oxygen atoms in total. The van der Waals surface area contributed by atoms with Crippen molar-refractivity contribution in [3.8, 4) is 0 Å². The van der Waals surface area contributed by atoms with Crippen LogP contribution in [0.25, 0.3) is 0 Å². The number of rotatable bonds is 2. The minimum atomic E-state index is -0.291. The Morgan fingerprint density at radius 1 is 1.12 bits per heavy atom. The van der Waals surface area contributed by atoms with E-state index >= 15 is 0 Å². The maximum Gasteiger partial charge on any atom is 0.357 e. The highest BCUT2D eigenvalue weighted by molar-refractivity contribution is 6.44. The number of piperidine rings is 4. The predicted molar refractivity (Wildman–Crippen MR) is 87.8 cm³/mol. The van der Waals surface area contributed by atoms with E-state index in [2.05, 4.69) is 9.89 Å². The number of carbonyl (C=O) groups excluding carboxylic acids is 2. The molecule has 0 aliphatic carbocycles. The summed E-state index contributed by atoms with van der Waals surface area (Å²) >= 11 is 0. The zero-order chi connectivity index (χ0) is 16.3. The molecule has 0 N–H and O–H groups in total. The maximum atomic E-state index is 12.6. The number of esters is 1. The molecular formula is C19H20N2O3. The first kappa shape index (κ1) is 14.3. The molecule has 5 heterocycles. The Bertz CT molecular complexity index is 741. The summed E-state index contributed by atoms with van der Waals surface area (Å²) < 4.78 is 5.82. The van der Waals surface area contributed by atoms with E-state index in [9.17, 15) is 9.59 Å². The van der Waals surface area contributed by atoms with Crippen LogP contribution in [0.4, 0.5) is 0 Å². The molecular weight excluding hydrogens is 304 g/mol. The van der Waals surface area contributed by atoms with E-state index in [0.29, 0.717) is 36.7 Å². The van der Waals surface area contributed by atoms with Crippen LogP contribution in [-0.4, -0.2) is 47.1 Å². The Morgan fingerprint density at radius 3 is 2.62 bits per heavy atom. The molecule has 4 saturated heterocycles. The zero-order valence-corrected chi connectivity index (χ0v) is 13.5. The van der Waals surface area contributed by atoms with Gasteiger partial charge in [-0.05, 0) is 18.4 Å². The van der Waals surface area contributed by atoms with E-state index in [0.717, 1.165) is 36.8 Å². The number of fused-ring (bicyclic) bond motifs is 2. The van der Waals surface area contributed by atoms with E-state index < -0.39 is 0 Å². The first-order valence-electron chi connectivity index (χ1n) is 8.81. The van der Waals surface area contributed by atoms with Gasteiger partial charge in [-0.2, -0.15) is 0 Å². The van der Waals surface area contributed by atoms with Gasteiger partial charge in [0.15, 0.2) is 5.71 Å². The molecule has 0 spiro atoms. The molecule has 4 fully saturated rings. The van der Waals surface area contributed by atoms with Gasteiger partial charge in [0.1, 0.15) is 11.9 Å². The summed E-state index contributed by atoms with van der Waals surface area (Å²) in [4.78, 5) is 31.2. The Balaban J connectivity index is 1.29. The van der Waals surface area contributed by atoms with E-state index in [1.807, 2.05) is 24.3 Å². The minimum Gasteiger partial charge on any atom is -0.458 e. The molecule has 0 radical (unpaired) electrons. The van der Waals surface area contributed by atoms with Crippen LogP contribution in [0.2, 0.25) is 0 Å². The van der Waals surface area contributed by atoms with Crippen molar-refractivity contribution < 1.29 is 14.3 Å². The highest BCUT2D eigenvalue weighted by atomic mass is 16.5. The van der Waals surface area contributed by atoms with Crippen LogP contribution in [-0.2, 0) is 20.9 Å². The molecule has 1 aromatic carbocycles. The lowest BCUT2D eigenvalue weighted by molar-refractivity contribution is -0.157. The summed E-state index contributed by atoms with van der Waals surface area (Å²) in [6.45, 7) is 1.16. The molecule has 0 amide bonds. The van der Waals surface area contributed by atoms with Crippen LogP contribution in [0, 0.1) is 5.92 Å². The van der Waals surface area contributed by atoms with Gasteiger partial charge in [-0.3, -0.25) is 14.7 Å². The summed E-state index contributed by atoms with van der Waals surface area (Å²) in [5.41, 5.74) is 2.47. The van der Waals surface area contributed by atoms with Gasteiger partial charge in [-0.15, -0.1) is 0 Å². The standard InChI is InChI=1S/C19H20N2O3/c22-17-10-21-13-5-12(17)6-14(21)8-15(7-13)24-19(23)18-16-4-2-1-3-11(16)9-20-18/h1-4,12-15H,5-10H2/t12?,13-,14-,15?/m1/s1. The van der Waals surface area contributed by atoms with Gasteiger partial charge in [-0.1, -0.05) is 24.3 Å². The number of nitrogens with zero attached hydrogens (tertiary/aromatic N) is 2. The molecule has 24 heavy (non-hydrogen) atoms. The molecule has 0 unspecified atom stereocenters. The molecule has 5 heteroatoms. The molecule has 2 atom stereocenters. The first-order chi connectivity index (χ1) is 11.7. The number of ether oxygens (including phenoxy) is 1. The smallest absolute Gasteiger partial charge is 0.357 e. The van der Waals surface area contributed by atoms with Crippen LogP contribution in [0.5, 0.6) is 0 Å². The van der Waals surface area contributed by atoms with Crippen LogP contribution in [0.15, 0.2) is 29.3 Å². The summed E-state index contributed by atoms with van der Waals surface area (Å²) in [6.07, 6.45) is 3.52. The highest BCUT2D eigenvalue weighted by Crippen LogP contribution is 2.42. The lowest BCUT2D eigenvalue weighted by Gasteiger charge is -2.54. The molecule has 4 bridgehead atoms. The summed E-state index contributed by atoms with van der Waals surface area (Å²) in [5, 5.41) is 0. The third-order valence-corrected chi connectivity index (χ3v) is 6.06. The summed E-state index contributed by atoms with van der Waals surface area (Å²) in [5.74, 6) is 0.351. The zero-order valence-electron chi connectivity index (χ0n) is 13.5. The Kier molecular flexibility index (Phi) is 3.13. The third kappa shape index (κ3) is 2.14. The average Bonchev–Trinajstić information content (AvgIpc) is 2.99. The molecule has 124 valence electrons. The fourth-order valence-corrected chi connectivity index (χ4v) is 4.94. The fraction of sp³-hybridized carbons (Fsp3) is 0.526. The van der Waals surface area contributed by atoms with Crippen molar-refractivity contribution in [2.45, 2.75) is 50.4 Å². The minimum absolute atomic E-state index is 0.0478. The van der Waals surface area contributed by atoms with E-state index in [-0.39, 0.29) is 18.0 Å². The lowest BCUT2D eigenvalue weighted by atomic mass is 9.72. The monoisotopic (exact) mass is 324 g/mol. The van der Waals surface area contributed by atoms with E-state index in [4.69, 9.17) is 4.74 Å². The largest absolute Gasteiger partial charge is 0.458 e. The topological polar surface area (TPSA) is 59.0 Å². The van der Waals surface area contributed by atoms with Crippen molar-refractivity contribution in [1.29, 1.82) is 0 Å². The molecule has 5 aliphatic heterocycles. The van der Waals surface area contributed by atoms with Gasteiger partial charge in [0.25, 0.3) is 0 Å². The number of carbonyl (C=O) groups is 2. The molecule has 0 aromatic heterocycles. The number of aliphatic imine (C=N–C) groups is 1. The summed E-state index contributed by atoms with van der Waals surface area (Å²) in [7, 11) is 0. The second-order valence-corrected chi connectivity index (χ2v) is 7.44. The fourth-order valence-electron chi connectivity index (χ4n) is 4.94. The van der Waals surface area contributed by atoms with Crippen LogP contribution >= 0.6 is 0 Å². The quantitative estimate of drug-likeness (QED) is 0.777. The molecule has 5 aliphatic rings. The third-order valence-electron chi connectivity index (χ3n) is 6.06. The highest BCUT2D eigenvalue weighted by Gasteiger charge is 2.49. The lowest BCUT2D eigenvalue weighted by Crippen LogP contribution is -2.63. The molecule has 1 aromatic rings. The number of hydrogen-bond acceptors (Lipinski definition) is 5. The van der Waals surface area contributed by atoms with E-state index in [1.54, 1.807) is 0 Å². The van der Waals surface area contributed by atoms with Gasteiger partial charge in [0.2, 0.25) is 0 Å². The van der Waals surface area contributed by atoms with Gasteiger partial charge in [0, 0.05) is 36.4 Å².